The summed E-state index contributed by atoms with van der Waals surface area (Å²) < 4.78 is 5.31. The number of aryl methyl sites for hydroxylation is 1. The van der Waals surface area contributed by atoms with Crippen LogP contribution in [0.1, 0.15) is 18.3 Å². The van der Waals surface area contributed by atoms with Crippen molar-refractivity contribution >= 4 is 0 Å². The molecule has 2 N–H and O–H groups in total. The van der Waals surface area contributed by atoms with Gasteiger partial charge in [-0.15, -0.1) is 0 Å². The lowest BCUT2D eigenvalue weighted by molar-refractivity contribution is 0.0996. The minimum Gasteiger partial charge on any atom is -0.497 e. The first kappa shape index (κ1) is 15.2. The van der Waals surface area contributed by atoms with Crippen molar-refractivity contribution in [2.24, 2.45) is 5.73 Å². The van der Waals surface area contributed by atoms with Gasteiger partial charge in [0.05, 0.1) is 12.8 Å². The molecule has 1 aromatic heterocycles. The van der Waals surface area contributed by atoms with Crippen LogP contribution in [0.5, 0.6) is 5.75 Å². The van der Waals surface area contributed by atoms with Crippen molar-refractivity contribution in [3.05, 3.63) is 23.5 Å². The molecule has 20 heavy (non-hydrogen) atoms. The molecule has 5 nitrogen and oxygen atoms in total. The topological polar surface area (TPSA) is 54.6 Å². The number of aromatic nitrogens is 1. The molecule has 1 fully saturated rings. The van der Waals surface area contributed by atoms with Crippen LogP contribution in [-0.2, 0) is 6.54 Å². The Hall–Kier alpha value is -1.17. The van der Waals surface area contributed by atoms with Crippen molar-refractivity contribution < 1.29 is 4.74 Å². The van der Waals surface area contributed by atoms with Gasteiger partial charge in [0, 0.05) is 63.1 Å². The van der Waals surface area contributed by atoms with Gasteiger partial charge < -0.3 is 10.5 Å². The molecule has 0 bridgehead atoms. The van der Waals surface area contributed by atoms with Crippen molar-refractivity contribution in [1.82, 2.24) is 14.8 Å². The molecular formula is C15H26N4O. The normalized spacial score (nSPS) is 19.0. The molecule has 1 unspecified atom stereocenters. The largest absolute Gasteiger partial charge is 0.497 e. The summed E-state index contributed by atoms with van der Waals surface area (Å²) in [5.41, 5.74) is 7.82. The highest BCUT2D eigenvalue weighted by atomic mass is 16.5. The third-order valence-electron chi connectivity index (χ3n) is 3.97. The van der Waals surface area contributed by atoms with Crippen molar-refractivity contribution in [1.29, 1.82) is 0 Å². The molecule has 0 saturated carbocycles. The summed E-state index contributed by atoms with van der Waals surface area (Å²) >= 11 is 0. The predicted octanol–water partition coefficient (Wildman–Crippen LogP) is 0.863. The van der Waals surface area contributed by atoms with Gasteiger partial charge >= 0.3 is 0 Å². The molecule has 0 radical (unpaired) electrons. The second-order valence-electron chi connectivity index (χ2n) is 5.54. The Morgan fingerprint density at radius 3 is 2.60 bits per heavy atom. The fraction of sp³-hybridized carbons (Fsp3) is 0.667. The van der Waals surface area contributed by atoms with Crippen LogP contribution in [-0.4, -0.2) is 60.7 Å². The van der Waals surface area contributed by atoms with Crippen molar-refractivity contribution in [2.75, 3.05) is 39.8 Å². The van der Waals surface area contributed by atoms with Crippen LogP contribution in [0.3, 0.4) is 0 Å². The van der Waals surface area contributed by atoms with Gasteiger partial charge in [0.25, 0.3) is 0 Å². The summed E-state index contributed by atoms with van der Waals surface area (Å²) in [4.78, 5) is 9.50. The van der Waals surface area contributed by atoms with Gasteiger partial charge in [0.15, 0.2) is 0 Å². The molecule has 1 atom stereocenters. The van der Waals surface area contributed by atoms with E-state index in [9.17, 15) is 0 Å². The Kier molecular flexibility index (Phi) is 5.34. The van der Waals surface area contributed by atoms with Crippen LogP contribution >= 0.6 is 0 Å². The first-order chi connectivity index (χ1) is 9.62. The molecule has 0 spiro atoms. The van der Waals surface area contributed by atoms with E-state index in [1.807, 2.05) is 19.1 Å². The molecule has 112 valence electrons. The first-order valence-corrected chi connectivity index (χ1v) is 7.30. The summed E-state index contributed by atoms with van der Waals surface area (Å²) in [5.74, 6) is 0.892. The molecule has 2 rings (SSSR count). The molecule has 5 heteroatoms. The number of ether oxygens (including phenoxy) is 1. The predicted molar refractivity (Wildman–Crippen MR) is 80.9 cm³/mol. The van der Waals surface area contributed by atoms with E-state index < -0.39 is 0 Å². The van der Waals surface area contributed by atoms with Crippen LogP contribution in [0.25, 0.3) is 0 Å². The van der Waals surface area contributed by atoms with Crippen LogP contribution < -0.4 is 10.5 Å². The molecular weight excluding hydrogens is 252 g/mol. The first-order valence-electron chi connectivity index (χ1n) is 7.30. The molecule has 0 amide bonds. The zero-order valence-electron chi connectivity index (χ0n) is 12.8. The van der Waals surface area contributed by atoms with Crippen LogP contribution in [0, 0.1) is 6.92 Å². The van der Waals surface area contributed by atoms with E-state index >= 15 is 0 Å². The van der Waals surface area contributed by atoms with Gasteiger partial charge in [-0.2, -0.15) is 0 Å². The standard InChI is InChI=1S/C15H26N4O/c1-12-8-15(20-3)9-14(17-12)11-18-4-6-19(7-5-18)13(2)10-16/h8-9,13H,4-7,10-11,16H2,1-3H3. The fourth-order valence-corrected chi connectivity index (χ4v) is 2.64. The monoisotopic (exact) mass is 278 g/mol. The van der Waals surface area contributed by atoms with E-state index in [2.05, 4.69) is 21.7 Å². The van der Waals surface area contributed by atoms with Gasteiger partial charge in [-0.05, 0) is 13.8 Å². The summed E-state index contributed by atoms with van der Waals surface area (Å²) in [5, 5.41) is 0. The van der Waals surface area contributed by atoms with E-state index in [0.717, 1.165) is 56.4 Å². The van der Waals surface area contributed by atoms with Crippen molar-refractivity contribution in [3.8, 4) is 5.75 Å². The third-order valence-corrected chi connectivity index (χ3v) is 3.97. The van der Waals surface area contributed by atoms with Gasteiger partial charge in [-0.3, -0.25) is 14.8 Å². The van der Waals surface area contributed by atoms with Crippen molar-refractivity contribution in [3.63, 3.8) is 0 Å². The van der Waals surface area contributed by atoms with Crippen molar-refractivity contribution in [2.45, 2.75) is 26.4 Å². The third kappa shape index (κ3) is 3.91. The molecule has 1 aliphatic rings. The second kappa shape index (κ2) is 7.02. The molecule has 1 aliphatic heterocycles. The maximum absolute atomic E-state index is 5.73. The number of nitrogens with zero attached hydrogens (tertiary/aromatic N) is 3. The van der Waals surface area contributed by atoms with Gasteiger partial charge in [-0.25, -0.2) is 0 Å². The second-order valence-corrected chi connectivity index (χ2v) is 5.54. The number of nitrogens with two attached hydrogens (primary N) is 1. The highest BCUT2D eigenvalue weighted by Crippen LogP contribution is 2.16. The quantitative estimate of drug-likeness (QED) is 0.866. The molecule has 1 saturated heterocycles. The summed E-state index contributed by atoms with van der Waals surface area (Å²) in [7, 11) is 1.70. The lowest BCUT2D eigenvalue weighted by Crippen LogP contribution is -2.51. The SMILES string of the molecule is COc1cc(C)nc(CN2CCN(C(C)CN)CC2)c1. The fourth-order valence-electron chi connectivity index (χ4n) is 2.64. The number of rotatable bonds is 5. The lowest BCUT2D eigenvalue weighted by Gasteiger charge is -2.37. The Balaban J connectivity index is 1.91. The zero-order valence-corrected chi connectivity index (χ0v) is 12.8. The number of hydrogen-bond donors (Lipinski definition) is 1. The number of pyridine rings is 1. The average molecular weight is 278 g/mol. The Bertz CT molecular complexity index is 430. The Labute approximate surface area is 121 Å². The molecule has 0 aromatic carbocycles. The number of hydrogen-bond acceptors (Lipinski definition) is 5. The smallest absolute Gasteiger partial charge is 0.122 e. The van der Waals surface area contributed by atoms with Crippen LogP contribution in [0.2, 0.25) is 0 Å². The van der Waals surface area contributed by atoms with E-state index in [-0.39, 0.29) is 0 Å². The minimum atomic E-state index is 0.481. The minimum absolute atomic E-state index is 0.481. The number of methoxy groups -OCH3 is 1. The molecule has 0 aliphatic carbocycles. The highest BCUT2D eigenvalue weighted by molar-refractivity contribution is 5.26. The molecule has 1 aromatic rings. The Morgan fingerprint density at radius 1 is 1.30 bits per heavy atom. The van der Waals surface area contributed by atoms with Gasteiger partial charge in [-0.1, -0.05) is 0 Å². The summed E-state index contributed by atoms with van der Waals surface area (Å²) in [6.07, 6.45) is 0. The summed E-state index contributed by atoms with van der Waals surface area (Å²) in [6, 6.07) is 4.47. The van der Waals surface area contributed by atoms with Gasteiger partial charge in [0.2, 0.25) is 0 Å². The zero-order chi connectivity index (χ0) is 14.5. The van der Waals surface area contributed by atoms with E-state index in [1.54, 1.807) is 7.11 Å². The van der Waals surface area contributed by atoms with E-state index in [1.165, 1.54) is 0 Å². The highest BCUT2D eigenvalue weighted by Gasteiger charge is 2.20. The van der Waals surface area contributed by atoms with E-state index in [0.29, 0.717) is 6.04 Å². The summed E-state index contributed by atoms with van der Waals surface area (Å²) in [6.45, 7) is 10.1. The number of piperazine rings is 1. The van der Waals surface area contributed by atoms with Crippen LogP contribution in [0.15, 0.2) is 12.1 Å². The van der Waals surface area contributed by atoms with Gasteiger partial charge in [0.1, 0.15) is 5.75 Å². The maximum Gasteiger partial charge on any atom is 0.122 e. The maximum atomic E-state index is 5.73. The Morgan fingerprint density at radius 2 is 2.00 bits per heavy atom. The molecule has 2 heterocycles. The average Bonchev–Trinajstić information content (AvgIpc) is 2.46. The lowest BCUT2D eigenvalue weighted by atomic mass is 10.2. The van der Waals surface area contributed by atoms with E-state index in [4.69, 9.17) is 10.5 Å². The van der Waals surface area contributed by atoms with Crippen LogP contribution in [0.4, 0.5) is 0 Å².